The fourth-order valence-corrected chi connectivity index (χ4v) is 2.83. The molecule has 0 saturated carbocycles. The van der Waals surface area contributed by atoms with Crippen molar-refractivity contribution in [1.29, 1.82) is 0 Å². The van der Waals surface area contributed by atoms with Crippen molar-refractivity contribution in [3.63, 3.8) is 0 Å². The first-order chi connectivity index (χ1) is 10.2. The number of rotatable bonds is 5. The summed E-state index contributed by atoms with van der Waals surface area (Å²) in [5.41, 5.74) is 2.30. The molecule has 1 N–H and O–H groups in total. The van der Waals surface area contributed by atoms with Crippen molar-refractivity contribution in [2.75, 3.05) is 13.2 Å². The minimum absolute atomic E-state index is 0.0581. The molecule has 2 heterocycles. The van der Waals surface area contributed by atoms with Gasteiger partial charge in [-0.1, -0.05) is 18.2 Å². The molecule has 2 aromatic rings. The fraction of sp³-hybridized carbons (Fsp3) is 0.500. The molecule has 0 bridgehead atoms. The Hall–Kier alpha value is -1.88. The fourth-order valence-electron chi connectivity index (χ4n) is 2.83. The average molecular weight is 287 g/mol. The zero-order valence-electron chi connectivity index (χ0n) is 12.3. The van der Waals surface area contributed by atoms with E-state index in [4.69, 9.17) is 4.74 Å². The highest BCUT2D eigenvalue weighted by atomic mass is 16.5. The summed E-state index contributed by atoms with van der Waals surface area (Å²) in [6.07, 6.45) is 4.63. The Morgan fingerprint density at radius 2 is 2.43 bits per heavy atom. The second kappa shape index (κ2) is 6.26. The largest absolute Gasteiger partial charge is 0.376 e. The molecule has 1 fully saturated rings. The van der Waals surface area contributed by atoms with Gasteiger partial charge < -0.3 is 10.1 Å². The van der Waals surface area contributed by atoms with Gasteiger partial charge in [-0.25, -0.2) is 0 Å². The van der Waals surface area contributed by atoms with Gasteiger partial charge in [0.05, 0.1) is 24.4 Å². The van der Waals surface area contributed by atoms with Gasteiger partial charge in [-0.05, 0) is 25.3 Å². The van der Waals surface area contributed by atoms with Crippen LogP contribution in [0.25, 0.3) is 10.9 Å². The lowest BCUT2D eigenvalue weighted by Gasteiger charge is -2.11. The number of carbonyl (C=O) groups excluding carboxylic acids is 1. The number of aromatic nitrogens is 2. The molecule has 0 radical (unpaired) electrons. The molecule has 3 rings (SSSR count). The van der Waals surface area contributed by atoms with Gasteiger partial charge in [-0.15, -0.1) is 0 Å². The second-order valence-electron chi connectivity index (χ2n) is 5.57. The zero-order chi connectivity index (χ0) is 14.7. The number of benzene rings is 1. The van der Waals surface area contributed by atoms with Crippen LogP contribution in [0.5, 0.6) is 0 Å². The van der Waals surface area contributed by atoms with Gasteiger partial charge in [0.2, 0.25) is 5.91 Å². The SMILES string of the molecule is Cc1cccc2cnn(CCC(=O)NCC3CCCO3)c12. The van der Waals surface area contributed by atoms with Gasteiger partial charge in [0, 0.05) is 25.0 Å². The van der Waals surface area contributed by atoms with Gasteiger partial charge in [-0.2, -0.15) is 5.10 Å². The third-order valence-electron chi connectivity index (χ3n) is 3.96. The number of hydrogen-bond acceptors (Lipinski definition) is 3. The number of ether oxygens (including phenoxy) is 1. The van der Waals surface area contributed by atoms with Gasteiger partial charge in [0.1, 0.15) is 0 Å². The summed E-state index contributed by atoms with van der Waals surface area (Å²) in [5.74, 6) is 0.0581. The van der Waals surface area contributed by atoms with Crippen molar-refractivity contribution < 1.29 is 9.53 Å². The van der Waals surface area contributed by atoms with Crippen molar-refractivity contribution in [2.45, 2.75) is 38.8 Å². The summed E-state index contributed by atoms with van der Waals surface area (Å²) in [6, 6.07) is 6.14. The first-order valence-corrected chi connectivity index (χ1v) is 7.53. The summed E-state index contributed by atoms with van der Waals surface area (Å²) < 4.78 is 7.41. The van der Waals surface area contributed by atoms with Gasteiger partial charge in [-0.3, -0.25) is 9.48 Å². The van der Waals surface area contributed by atoms with Crippen LogP contribution in [-0.4, -0.2) is 34.9 Å². The van der Waals surface area contributed by atoms with E-state index in [-0.39, 0.29) is 12.0 Å². The monoisotopic (exact) mass is 287 g/mol. The molecule has 1 amide bonds. The topological polar surface area (TPSA) is 56.2 Å². The van der Waals surface area contributed by atoms with E-state index >= 15 is 0 Å². The number of para-hydroxylation sites is 1. The van der Waals surface area contributed by atoms with E-state index < -0.39 is 0 Å². The standard InChI is InChI=1S/C16H21N3O2/c1-12-4-2-5-13-10-18-19(16(12)13)8-7-15(20)17-11-14-6-3-9-21-14/h2,4-5,10,14H,3,6-9,11H2,1H3,(H,17,20). The molecule has 0 spiro atoms. The maximum absolute atomic E-state index is 11.9. The average Bonchev–Trinajstić information content (AvgIpc) is 3.13. The number of fused-ring (bicyclic) bond motifs is 1. The van der Waals surface area contributed by atoms with E-state index in [9.17, 15) is 4.79 Å². The lowest BCUT2D eigenvalue weighted by molar-refractivity contribution is -0.121. The molecule has 1 aromatic carbocycles. The quantitative estimate of drug-likeness (QED) is 0.915. The predicted octanol–water partition coefficient (Wildman–Crippen LogP) is 2.03. The highest BCUT2D eigenvalue weighted by Crippen LogP contribution is 2.17. The number of aryl methyl sites for hydroxylation is 2. The Balaban J connectivity index is 1.55. The molecule has 5 heteroatoms. The van der Waals surface area contributed by atoms with Crippen LogP contribution in [0.3, 0.4) is 0 Å². The molecular formula is C16H21N3O2. The van der Waals surface area contributed by atoms with Crippen LogP contribution >= 0.6 is 0 Å². The molecule has 1 unspecified atom stereocenters. The Bertz CT molecular complexity index is 629. The third-order valence-corrected chi connectivity index (χ3v) is 3.96. The van der Waals surface area contributed by atoms with Crippen molar-refractivity contribution in [1.82, 2.24) is 15.1 Å². The number of amides is 1. The van der Waals surface area contributed by atoms with E-state index in [1.54, 1.807) is 0 Å². The van der Waals surface area contributed by atoms with Crippen LogP contribution in [0.2, 0.25) is 0 Å². The molecule has 5 nitrogen and oxygen atoms in total. The molecule has 1 saturated heterocycles. The normalized spacial score (nSPS) is 18.2. The van der Waals surface area contributed by atoms with E-state index in [1.807, 2.05) is 23.0 Å². The number of nitrogens with one attached hydrogen (secondary N) is 1. The van der Waals surface area contributed by atoms with Crippen molar-refractivity contribution in [3.05, 3.63) is 30.0 Å². The van der Waals surface area contributed by atoms with Crippen LogP contribution < -0.4 is 5.32 Å². The smallest absolute Gasteiger partial charge is 0.221 e. The lowest BCUT2D eigenvalue weighted by Crippen LogP contribution is -2.32. The highest BCUT2D eigenvalue weighted by Gasteiger charge is 2.16. The molecule has 0 aliphatic carbocycles. The van der Waals surface area contributed by atoms with Gasteiger partial charge in [0.15, 0.2) is 0 Å². The first-order valence-electron chi connectivity index (χ1n) is 7.53. The van der Waals surface area contributed by atoms with Crippen molar-refractivity contribution >= 4 is 16.8 Å². The van der Waals surface area contributed by atoms with E-state index in [2.05, 4.69) is 23.4 Å². The van der Waals surface area contributed by atoms with Crippen LogP contribution in [0.15, 0.2) is 24.4 Å². The van der Waals surface area contributed by atoms with E-state index in [0.717, 1.165) is 30.4 Å². The Morgan fingerprint density at radius 1 is 1.52 bits per heavy atom. The minimum atomic E-state index is 0.0581. The Morgan fingerprint density at radius 3 is 3.24 bits per heavy atom. The van der Waals surface area contributed by atoms with Crippen LogP contribution in [0, 0.1) is 6.92 Å². The molecule has 112 valence electrons. The lowest BCUT2D eigenvalue weighted by atomic mass is 10.2. The molecule has 21 heavy (non-hydrogen) atoms. The van der Waals surface area contributed by atoms with Crippen LogP contribution in [0.4, 0.5) is 0 Å². The van der Waals surface area contributed by atoms with Gasteiger partial charge >= 0.3 is 0 Å². The minimum Gasteiger partial charge on any atom is -0.376 e. The van der Waals surface area contributed by atoms with Gasteiger partial charge in [0.25, 0.3) is 0 Å². The first kappa shape index (κ1) is 14.1. The molecular weight excluding hydrogens is 266 g/mol. The summed E-state index contributed by atoms with van der Waals surface area (Å²) in [6.45, 7) is 4.11. The molecule has 1 aliphatic heterocycles. The van der Waals surface area contributed by atoms with Crippen molar-refractivity contribution in [2.24, 2.45) is 0 Å². The van der Waals surface area contributed by atoms with Crippen LogP contribution in [-0.2, 0) is 16.1 Å². The Labute approximate surface area is 124 Å². The van der Waals surface area contributed by atoms with E-state index in [1.165, 1.54) is 5.56 Å². The second-order valence-corrected chi connectivity index (χ2v) is 5.57. The maximum atomic E-state index is 11.9. The highest BCUT2D eigenvalue weighted by molar-refractivity contribution is 5.82. The molecule has 1 aliphatic rings. The summed E-state index contributed by atoms with van der Waals surface area (Å²) >= 11 is 0. The summed E-state index contributed by atoms with van der Waals surface area (Å²) in [7, 11) is 0. The Kier molecular flexibility index (Phi) is 4.20. The predicted molar refractivity (Wildman–Crippen MR) is 81.1 cm³/mol. The number of hydrogen-bond donors (Lipinski definition) is 1. The zero-order valence-corrected chi connectivity index (χ0v) is 12.3. The maximum Gasteiger partial charge on any atom is 0.221 e. The van der Waals surface area contributed by atoms with Crippen LogP contribution in [0.1, 0.15) is 24.8 Å². The third kappa shape index (κ3) is 3.24. The summed E-state index contributed by atoms with van der Waals surface area (Å²) in [5, 5.41) is 8.44. The number of carbonyl (C=O) groups is 1. The summed E-state index contributed by atoms with van der Waals surface area (Å²) in [4.78, 5) is 11.9. The van der Waals surface area contributed by atoms with Crippen molar-refractivity contribution in [3.8, 4) is 0 Å². The van der Waals surface area contributed by atoms with E-state index in [0.29, 0.717) is 19.5 Å². The molecule has 1 aromatic heterocycles. The number of nitrogens with zero attached hydrogens (tertiary/aromatic N) is 2. The molecule has 1 atom stereocenters.